The van der Waals surface area contributed by atoms with Gasteiger partial charge in [-0.3, -0.25) is 0 Å². The molecule has 0 bridgehead atoms. The van der Waals surface area contributed by atoms with Crippen molar-refractivity contribution in [3.63, 3.8) is 0 Å². The van der Waals surface area contributed by atoms with E-state index in [1.165, 1.54) is 43.4 Å². The molecule has 0 N–H and O–H groups in total. The molecule has 0 atom stereocenters. The Labute approximate surface area is 212 Å². The summed E-state index contributed by atoms with van der Waals surface area (Å²) in [5.74, 6) is -0.890. The Bertz CT molecular complexity index is 1620. The first-order chi connectivity index (χ1) is 17.4. The van der Waals surface area contributed by atoms with Crippen molar-refractivity contribution in [2.75, 3.05) is 17.6 Å². The lowest BCUT2D eigenvalue weighted by atomic mass is 9.99. The third kappa shape index (κ3) is 5.83. The molecular weight excluding hydrogens is 504 g/mol. The third-order valence-electron chi connectivity index (χ3n) is 5.74. The van der Waals surface area contributed by atoms with Crippen LogP contribution >= 0.6 is 0 Å². The number of rotatable bonds is 8. The number of benzene rings is 2. The maximum atomic E-state index is 13.6. The monoisotopic (exact) mass is 529 g/mol. The zero-order valence-electron chi connectivity index (χ0n) is 20.7. The van der Waals surface area contributed by atoms with E-state index < -0.39 is 27.3 Å². The van der Waals surface area contributed by atoms with Crippen LogP contribution in [0.5, 0.6) is 0 Å². The van der Waals surface area contributed by atoms with Gasteiger partial charge in [0.2, 0.25) is 16.0 Å². The van der Waals surface area contributed by atoms with Crippen LogP contribution in [-0.4, -0.2) is 31.7 Å². The van der Waals surface area contributed by atoms with Gasteiger partial charge < -0.3 is 9.15 Å². The van der Waals surface area contributed by atoms with Crippen LogP contribution in [0.3, 0.4) is 0 Å². The molecule has 0 fully saturated rings. The fraction of sp³-hybridized carbons (Fsp3) is 0.269. The quantitative estimate of drug-likeness (QED) is 0.324. The first-order valence-corrected chi connectivity index (χ1v) is 13.2. The highest BCUT2D eigenvalue weighted by atomic mass is 32.2. The van der Waals surface area contributed by atoms with Gasteiger partial charge in [-0.05, 0) is 53.8 Å². The van der Waals surface area contributed by atoms with Crippen LogP contribution < -0.4 is 9.93 Å². The van der Waals surface area contributed by atoms with Gasteiger partial charge in [0.1, 0.15) is 24.0 Å². The van der Waals surface area contributed by atoms with Gasteiger partial charge in [-0.2, -0.15) is 0 Å². The molecule has 8 nitrogen and oxygen atoms in total. The summed E-state index contributed by atoms with van der Waals surface area (Å²) in [4.78, 5) is 21.3. The minimum absolute atomic E-state index is 0.00570. The van der Waals surface area contributed by atoms with Crippen molar-refractivity contribution in [1.29, 1.82) is 0 Å². The summed E-state index contributed by atoms with van der Waals surface area (Å²) in [6.07, 6.45) is 1.05. The molecule has 0 saturated carbocycles. The Hall–Kier alpha value is -3.70. The van der Waals surface area contributed by atoms with Crippen molar-refractivity contribution in [2.24, 2.45) is 0 Å². The average Bonchev–Trinajstić information content (AvgIpc) is 2.84. The van der Waals surface area contributed by atoms with E-state index in [0.29, 0.717) is 27.9 Å². The predicted octanol–water partition coefficient (Wildman–Crippen LogP) is 4.76. The van der Waals surface area contributed by atoms with Crippen LogP contribution in [0.15, 0.2) is 57.7 Å². The van der Waals surface area contributed by atoms with Gasteiger partial charge in [0.25, 0.3) is 0 Å². The number of sulfonamides is 1. The van der Waals surface area contributed by atoms with E-state index in [1.54, 1.807) is 6.07 Å². The molecule has 0 amide bonds. The van der Waals surface area contributed by atoms with Gasteiger partial charge in [0.15, 0.2) is 0 Å². The molecule has 0 aliphatic rings. The highest BCUT2D eigenvalue weighted by Gasteiger charge is 2.23. The van der Waals surface area contributed by atoms with Gasteiger partial charge in [0, 0.05) is 18.2 Å². The molecule has 2 aromatic carbocycles. The Morgan fingerprint density at radius 2 is 1.68 bits per heavy atom. The topological polar surface area (TPSA) is 103 Å². The lowest BCUT2D eigenvalue weighted by molar-refractivity contribution is 0.0903. The van der Waals surface area contributed by atoms with Gasteiger partial charge in [-0.25, -0.2) is 36.3 Å². The van der Waals surface area contributed by atoms with Crippen LogP contribution in [0, 0.1) is 11.6 Å². The molecule has 0 aliphatic carbocycles. The number of hydrogen-bond acceptors (Lipinski definition) is 7. The van der Waals surface area contributed by atoms with Crippen LogP contribution in [0.1, 0.15) is 36.8 Å². The van der Waals surface area contributed by atoms with Gasteiger partial charge in [0.05, 0.1) is 29.6 Å². The summed E-state index contributed by atoms with van der Waals surface area (Å²) in [6.45, 7) is 3.71. The zero-order chi connectivity index (χ0) is 26.9. The van der Waals surface area contributed by atoms with Crippen LogP contribution in [0.2, 0.25) is 0 Å². The maximum absolute atomic E-state index is 13.6. The first-order valence-electron chi connectivity index (χ1n) is 11.3. The number of ether oxygens (including phenoxy) is 1. The fourth-order valence-electron chi connectivity index (χ4n) is 3.78. The van der Waals surface area contributed by atoms with Crippen molar-refractivity contribution in [3.05, 3.63) is 87.6 Å². The van der Waals surface area contributed by atoms with Crippen LogP contribution in [-0.2, 0) is 28.0 Å². The highest BCUT2D eigenvalue weighted by Crippen LogP contribution is 2.31. The van der Waals surface area contributed by atoms with Crippen molar-refractivity contribution in [2.45, 2.75) is 33.0 Å². The summed E-state index contributed by atoms with van der Waals surface area (Å²) in [5.41, 5.74) is 1.39. The summed E-state index contributed by atoms with van der Waals surface area (Å²) < 4.78 is 63.6. The molecule has 4 rings (SSSR count). The smallest absolute Gasteiger partial charge is 0.344 e. The highest BCUT2D eigenvalue weighted by molar-refractivity contribution is 7.92. The second-order valence-corrected chi connectivity index (χ2v) is 10.9. The number of anilines is 1. The van der Waals surface area contributed by atoms with Gasteiger partial charge in [-0.1, -0.05) is 19.9 Å². The van der Waals surface area contributed by atoms with Crippen molar-refractivity contribution in [3.8, 4) is 11.3 Å². The van der Waals surface area contributed by atoms with E-state index >= 15 is 0 Å². The van der Waals surface area contributed by atoms with E-state index in [0.717, 1.165) is 16.6 Å². The van der Waals surface area contributed by atoms with Gasteiger partial charge in [-0.15, -0.1) is 0 Å². The minimum Gasteiger partial charge on any atom is -0.425 e. The first kappa shape index (κ1) is 26.4. The van der Waals surface area contributed by atoms with E-state index in [2.05, 4.69) is 9.97 Å². The molecule has 194 valence electrons. The maximum Gasteiger partial charge on any atom is 0.344 e. The molecule has 0 saturated heterocycles. The molecule has 0 aliphatic heterocycles. The number of hydrogen-bond donors (Lipinski definition) is 0. The molecular formula is C26H25F2N3O5S. The fourth-order valence-corrected chi connectivity index (χ4v) is 4.16. The largest absolute Gasteiger partial charge is 0.425 e. The lowest BCUT2D eigenvalue weighted by Gasteiger charge is -2.21. The van der Waals surface area contributed by atoms with Crippen molar-refractivity contribution < 1.29 is 26.4 Å². The summed E-state index contributed by atoms with van der Waals surface area (Å²) in [7, 11) is -2.29. The average molecular weight is 530 g/mol. The summed E-state index contributed by atoms with van der Waals surface area (Å²) in [6, 6.07) is 11.1. The Kier molecular flexibility index (Phi) is 7.37. The summed E-state index contributed by atoms with van der Waals surface area (Å²) >= 11 is 0. The molecule has 37 heavy (non-hydrogen) atoms. The molecule has 0 radical (unpaired) electrons. The second kappa shape index (κ2) is 10.3. The lowest BCUT2D eigenvalue weighted by Crippen LogP contribution is -2.28. The standard InChI is InChI=1S/C26H25F2N3O5S/c1-15(2)23-22(14-35-13-20-11-17-7-10-19(28)12-21(17)25(32)36-20)24(16-5-8-18(27)9-6-16)30-26(29-23)31(3)37(4,33)34/h5-12,15H,13-14H2,1-4H3. The number of halogens is 2. The van der Waals surface area contributed by atoms with E-state index in [-0.39, 0.29) is 36.2 Å². The second-order valence-electron chi connectivity index (χ2n) is 8.85. The van der Waals surface area contributed by atoms with E-state index in [9.17, 15) is 22.0 Å². The Morgan fingerprint density at radius 3 is 2.32 bits per heavy atom. The molecule has 2 heterocycles. The van der Waals surface area contributed by atoms with E-state index in [4.69, 9.17) is 9.15 Å². The molecule has 2 aromatic heterocycles. The van der Waals surface area contributed by atoms with Crippen molar-refractivity contribution in [1.82, 2.24) is 9.97 Å². The SMILES string of the molecule is CC(C)c1nc(N(C)S(C)(=O)=O)nc(-c2ccc(F)cc2)c1COCc1cc2ccc(F)cc2c(=O)o1. The Morgan fingerprint density at radius 1 is 1.00 bits per heavy atom. The summed E-state index contributed by atoms with van der Waals surface area (Å²) in [5, 5.41) is 0.644. The molecule has 4 aromatic rings. The zero-order valence-corrected chi connectivity index (χ0v) is 21.5. The van der Waals surface area contributed by atoms with Crippen molar-refractivity contribution >= 4 is 26.7 Å². The van der Waals surface area contributed by atoms with Gasteiger partial charge >= 0.3 is 5.63 Å². The Balaban J connectivity index is 1.73. The normalized spacial score (nSPS) is 11.9. The van der Waals surface area contributed by atoms with Crippen LogP contribution in [0.4, 0.5) is 14.7 Å². The number of fused-ring (bicyclic) bond motifs is 1. The molecule has 0 spiro atoms. The molecule has 0 unspecified atom stereocenters. The molecule has 11 heteroatoms. The number of nitrogens with zero attached hydrogens (tertiary/aromatic N) is 3. The predicted molar refractivity (Wildman–Crippen MR) is 136 cm³/mol. The van der Waals surface area contributed by atoms with Crippen LogP contribution in [0.25, 0.3) is 22.0 Å². The van der Waals surface area contributed by atoms with E-state index in [1.807, 2.05) is 13.8 Å². The number of aromatic nitrogens is 2. The third-order valence-corrected chi connectivity index (χ3v) is 6.90. The minimum atomic E-state index is -3.64.